The second-order valence-electron chi connectivity index (χ2n) is 7.39. The fourth-order valence-electron chi connectivity index (χ4n) is 4.22. The number of likely N-dealkylation sites (N-methyl/N-ethyl adjacent to an activating group) is 1. The monoisotopic (exact) mass is 362 g/mol. The molecule has 3 fully saturated rings. The number of hydrogen-bond donors (Lipinski definition) is 0. The van der Waals surface area contributed by atoms with Gasteiger partial charge in [0.25, 0.3) is 0 Å². The molecular weight excluding hydrogens is 340 g/mol. The first kappa shape index (κ1) is 16.6. The van der Waals surface area contributed by atoms with Crippen LogP contribution in [0.1, 0.15) is 32.1 Å². The first-order valence-corrected chi connectivity index (χ1v) is 10.2. The number of carbonyl (C=O) groups is 2. The van der Waals surface area contributed by atoms with Crippen LogP contribution in [-0.4, -0.2) is 60.5 Å². The van der Waals surface area contributed by atoms with Crippen LogP contribution in [0, 0.1) is 0 Å². The number of hydrogen-bond acceptors (Lipinski definition) is 4. The van der Waals surface area contributed by atoms with Crippen LogP contribution in [0.4, 0.5) is 0 Å². The van der Waals surface area contributed by atoms with Crippen LogP contribution in [0.5, 0.6) is 0 Å². The molecule has 0 aromatic heterocycles. The summed E-state index contributed by atoms with van der Waals surface area (Å²) in [7, 11) is -1.97. The third-order valence-electron chi connectivity index (χ3n) is 5.84. The van der Waals surface area contributed by atoms with Gasteiger partial charge in [-0.1, -0.05) is 18.2 Å². The minimum Gasteiger partial charge on any atom is -0.344 e. The molecule has 2 atom stereocenters. The molecule has 134 valence electrons. The zero-order valence-corrected chi connectivity index (χ0v) is 15.0. The number of benzene rings is 1. The number of likely N-dealkylation sites (tertiary alicyclic amines) is 1. The van der Waals surface area contributed by atoms with Gasteiger partial charge in [-0.25, -0.2) is 8.42 Å². The van der Waals surface area contributed by atoms with Gasteiger partial charge in [0, 0.05) is 32.1 Å². The summed E-state index contributed by atoms with van der Waals surface area (Å²) in [5, 5.41) is 0. The zero-order chi connectivity index (χ0) is 17.8. The average Bonchev–Trinajstić information content (AvgIpc) is 3.35. The van der Waals surface area contributed by atoms with E-state index in [0.29, 0.717) is 25.8 Å². The molecule has 4 rings (SSSR count). The minimum absolute atomic E-state index is 0.0285. The Morgan fingerprint density at radius 3 is 2.40 bits per heavy atom. The molecule has 1 aromatic carbocycles. The lowest BCUT2D eigenvalue weighted by Crippen LogP contribution is -2.51. The SMILES string of the molecule is CN1C[C@@H]2CC[C@H](CC1=O)N2C(=O)C1(S(=O)(=O)c2ccccc2)CC1. The van der Waals surface area contributed by atoms with Crippen molar-refractivity contribution in [3.63, 3.8) is 0 Å². The van der Waals surface area contributed by atoms with Crippen molar-refractivity contribution in [2.24, 2.45) is 0 Å². The first-order chi connectivity index (χ1) is 11.9. The van der Waals surface area contributed by atoms with E-state index in [1.807, 2.05) is 0 Å². The molecule has 25 heavy (non-hydrogen) atoms. The molecule has 0 spiro atoms. The van der Waals surface area contributed by atoms with E-state index in [0.717, 1.165) is 12.8 Å². The highest BCUT2D eigenvalue weighted by molar-refractivity contribution is 7.94. The van der Waals surface area contributed by atoms with E-state index in [9.17, 15) is 18.0 Å². The molecule has 2 bridgehead atoms. The van der Waals surface area contributed by atoms with Gasteiger partial charge in [-0.2, -0.15) is 0 Å². The third kappa shape index (κ3) is 2.39. The number of fused-ring (bicyclic) bond motifs is 2. The normalized spacial score (nSPS) is 28.0. The van der Waals surface area contributed by atoms with Crippen molar-refractivity contribution in [2.45, 2.75) is 53.8 Å². The Kier molecular flexibility index (Phi) is 3.68. The molecule has 6 nitrogen and oxygen atoms in total. The molecule has 2 heterocycles. The van der Waals surface area contributed by atoms with Gasteiger partial charge in [0.15, 0.2) is 14.6 Å². The van der Waals surface area contributed by atoms with Gasteiger partial charge in [0.05, 0.1) is 4.90 Å². The second kappa shape index (κ2) is 5.56. The van der Waals surface area contributed by atoms with E-state index >= 15 is 0 Å². The van der Waals surface area contributed by atoms with Gasteiger partial charge < -0.3 is 9.80 Å². The quantitative estimate of drug-likeness (QED) is 0.810. The molecule has 1 saturated carbocycles. The maximum absolute atomic E-state index is 13.3. The van der Waals surface area contributed by atoms with Gasteiger partial charge in [0.1, 0.15) is 0 Å². The van der Waals surface area contributed by atoms with Gasteiger partial charge in [0.2, 0.25) is 11.8 Å². The molecule has 7 heteroatoms. The van der Waals surface area contributed by atoms with Crippen molar-refractivity contribution in [2.75, 3.05) is 13.6 Å². The van der Waals surface area contributed by atoms with Crippen LogP contribution < -0.4 is 0 Å². The Morgan fingerprint density at radius 1 is 1.12 bits per heavy atom. The topological polar surface area (TPSA) is 74.8 Å². The largest absolute Gasteiger partial charge is 0.344 e. The lowest BCUT2D eigenvalue weighted by Gasteiger charge is -2.31. The number of carbonyl (C=O) groups excluding carboxylic acids is 2. The molecule has 3 aliphatic rings. The highest BCUT2D eigenvalue weighted by atomic mass is 32.2. The summed E-state index contributed by atoms with van der Waals surface area (Å²) in [6.45, 7) is 0.489. The Balaban J connectivity index is 1.68. The third-order valence-corrected chi connectivity index (χ3v) is 8.34. The van der Waals surface area contributed by atoms with Gasteiger partial charge in [-0.15, -0.1) is 0 Å². The predicted molar refractivity (Wildman–Crippen MR) is 91.5 cm³/mol. The van der Waals surface area contributed by atoms with Crippen molar-refractivity contribution < 1.29 is 18.0 Å². The van der Waals surface area contributed by atoms with Crippen LogP contribution in [0.3, 0.4) is 0 Å². The highest BCUT2D eigenvalue weighted by Gasteiger charge is 2.64. The lowest BCUT2D eigenvalue weighted by atomic mass is 10.1. The summed E-state index contributed by atoms with van der Waals surface area (Å²) >= 11 is 0. The molecule has 0 unspecified atom stereocenters. The maximum Gasteiger partial charge on any atom is 0.245 e. The fraction of sp³-hybridized carbons (Fsp3) is 0.556. The van der Waals surface area contributed by atoms with E-state index in [4.69, 9.17) is 0 Å². The van der Waals surface area contributed by atoms with E-state index in [-0.39, 0.29) is 28.8 Å². The van der Waals surface area contributed by atoms with E-state index in [1.54, 1.807) is 47.2 Å². The molecular formula is C18H22N2O4S. The van der Waals surface area contributed by atoms with Gasteiger partial charge in [-0.05, 0) is 37.8 Å². The van der Waals surface area contributed by atoms with Gasteiger partial charge in [-0.3, -0.25) is 9.59 Å². The van der Waals surface area contributed by atoms with Crippen LogP contribution >= 0.6 is 0 Å². The zero-order valence-electron chi connectivity index (χ0n) is 14.2. The van der Waals surface area contributed by atoms with Crippen molar-refractivity contribution >= 4 is 21.7 Å². The summed E-state index contributed by atoms with van der Waals surface area (Å²) in [5.74, 6) is -0.271. The Hall–Kier alpha value is -1.89. The molecule has 0 N–H and O–H groups in total. The van der Waals surface area contributed by atoms with Crippen LogP contribution in [0.15, 0.2) is 35.2 Å². The lowest BCUT2D eigenvalue weighted by molar-refractivity contribution is -0.134. The molecule has 0 radical (unpaired) electrons. The number of amides is 2. The second-order valence-corrected chi connectivity index (χ2v) is 9.65. The van der Waals surface area contributed by atoms with Crippen molar-refractivity contribution in [3.05, 3.63) is 30.3 Å². The summed E-state index contributed by atoms with van der Waals surface area (Å²) in [6.07, 6.45) is 2.62. The average molecular weight is 362 g/mol. The summed E-state index contributed by atoms with van der Waals surface area (Å²) in [6, 6.07) is 7.98. The van der Waals surface area contributed by atoms with Crippen LogP contribution in [0.25, 0.3) is 0 Å². The molecule has 1 aliphatic carbocycles. The fourth-order valence-corrected chi connectivity index (χ4v) is 6.16. The van der Waals surface area contributed by atoms with E-state index in [2.05, 4.69) is 0 Å². The molecule has 2 aliphatic heterocycles. The minimum atomic E-state index is -3.72. The van der Waals surface area contributed by atoms with E-state index < -0.39 is 14.6 Å². The van der Waals surface area contributed by atoms with Crippen molar-refractivity contribution in [3.8, 4) is 0 Å². The van der Waals surface area contributed by atoms with Crippen molar-refractivity contribution in [1.82, 2.24) is 9.80 Å². The molecule has 2 saturated heterocycles. The first-order valence-electron chi connectivity index (χ1n) is 8.73. The smallest absolute Gasteiger partial charge is 0.245 e. The Labute approximate surface area is 147 Å². The Morgan fingerprint density at radius 2 is 1.76 bits per heavy atom. The Bertz CT molecular complexity index is 817. The predicted octanol–water partition coefficient (Wildman–Crippen LogP) is 1.21. The number of sulfone groups is 1. The number of rotatable bonds is 3. The summed E-state index contributed by atoms with van der Waals surface area (Å²) in [5.41, 5.74) is 0. The number of nitrogens with zero attached hydrogens (tertiary/aromatic N) is 2. The summed E-state index contributed by atoms with van der Waals surface area (Å²) in [4.78, 5) is 29.1. The van der Waals surface area contributed by atoms with Crippen LogP contribution in [-0.2, 0) is 19.4 Å². The molecule has 2 amide bonds. The molecule has 1 aromatic rings. The summed E-state index contributed by atoms with van der Waals surface area (Å²) < 4.78 is 24.9. The maximum atomic E-state index is 13.3. The van der Waals surface area contributed by atoms with Crippen molar-refractivity contribution in [1.29, 1.82) is 0 Å². The van der Waals surface area contributed by atoms with Gasteiger partial charge >= 0.3 is 0 Å². The standard InChI is InChI=1S/C18H22N2O4S/c1-19-12-14-8-7-13(11-16(19)21)20(14)17(22)18(9-10-18)25(23,24)15-5-3-2-4-6-15/h2-6,13-14H,7-12H2,1H3/t13-,14+/m1/s1. The highest BCUT2D eigenvalue weighted by Crippen LogP contribution is 2.50. The van der Waals surface area contributed by atoms with E-state index in [1.165, 1.54) is 0 Å². The van der Waals surface area contributed by atoms with Crippen LogP contribution in [0.2, 0.25) is 0 Å².